The van der Waals surface area contributed by atoms with Gasteiger partial charge in [-0.2, -0.15) is 0 Å². The molecule has 14 heteroatoms. The van der Waals surface area contributed by atoms with Crippen molar-refractivity contribution >= 4 is 41.7 Å². The van der Waals surface area contributed by atoms with Crippen LogP contribution in [-0.2, 0) is 37.6 Å². The number of aryl methyl sites for hydroxylation is 1. The maximum atomic E-state index is 15.2. The number of hydrogen-bond acceptors (Lipinski definition) is 9. The van der Waals surface area contributed by atoms with Crippen LogP contribution in [-0.4, -0.2) is 83.3 Å². The molecule has 4 atom stereocenters. The number of aliphatic hydroxyl groups excluding tert-OH is 1. The van der Waals surface area contributed by atoms with Crippen LogP contribution in [0.3, 0.4) is 0 Å². The topological polar surface area (TPSA) is 154 Å². The van der Waals surface area contributed by atoms with E-state index in [9.17, 15) is 14.7 Å². The number of esters is 1. The van der Waals surface area contributed by atoms with Gasteiger partial charge in [0.25, 0.3) is 11.5 Å². The molecule has 3 aromatic carbocycles. The van der Waals surface area contributed by atoms with Crippen molar-refractivity contribution in [1.82, 2.24) is 24.8 Å². The van der Waals surface area contributed by atoms with Crippen LogP contribution in [0.1, 0.15) is 43.9 Å². The second-order valence-electron chi connectivity index (χ2n) is 14.9. The molecule has 0 unspecified atom stereocenters. The van der Waals surface area contributed by atoms with Crippen LogP contribution >= 0.6 is 0 Å². The van der Waals surface area contributed by atoms with E-state index in [1.54, 1.807) is 22.8 Å². The minimum absolute atomic E-state index is 0.0122. The number of nitrogens with zero attached hydrogens (tertiary/aromatic N) is 5. The van der Waals surface area contributed by atoms with E-state index in [1.807, 2.05) is 54.7 Å². The van der Waals surface area contributed by atoms with Crippen LogP contribution in [0, 0.1) is 5.92 Å². The number of nitrogens with one attached hydrogen (secondary N) is 1. The molecule has 1 spiro atoms. The Morgan fingerprint density at radius 2 is 1.81 bits per heavy atom. The van der Waals surface area contributed by atoms with Gasteiger partial charge in [-0.1, -0.05) is 54.7 Å². The van der Waals surface area contributed by atoms with E-state index in [2.05, 4.69) is 47.6 Å². The molecule has 2 aliphatic heterocycles. The number of methoxy groups -OCH3 is 2. The number of anilines is 1. The van der Waals surface area contributed by atoms with Crippen LogP contribution in [0.15, 0.2) is 77.7 Å². The fourth-order valence-corrected chi connectivity index (χ4v) is 12.8. The van der Waals surface area contributed by atoms with Crippen molar-refractivity contribution in [2.75, 3.05) is 32.3 Å². The number of carbonyl (C=O) groups is 2. The smallest absolute Gasteiger partial charge is 0.305 e. The minimum atomic E-state index is -2.42. The molecule has 54 heavy (non-hydrogen) atoms. The Kier molecular flexibility index (Phi) is 10.3. The molecule has 0 aliphatic carbocycles. The van der Waals surface area contributed by atoms with E-state index in [0.717, 1.165) is 17.0 Å². The molecule has 7 rings (SSSR count). The molecule has 0 radical (unpaired) electrons. The molecule has 1 amide bonds. The van der Waals surface area contributed by atoms with Crippen molar-refractivity contribution in [3.8, 4) is 11.4 Å². The van der Waals surface area contributed by atoms with Gasteiger partial charge < -0.3 is 24.2 Å². The number of rotatable bonds is 14. The van der Waals surface area contributed by atoms with Gasteiger partial charge in [-0.05, 0) is 67.3 Å². The van der Waals surface area contributed by atoms with Crippen molar-refractivity contribution in [3.05, 3.63) is 94.5 Å². The average molecular weight is 753 g/mol. The third kappa shape index (κ3) is 6.45. The number of fused-ring (bicyclic) bond motifs is 3. The lowest BCUT2D eigenvalue weighted by molar-refractivity contribution is -0.146. The first-order chi connectivity index (χ1) is 26.0. The molecule has 2 aliphatic rings. The molecular weight excluding hydrogens is 705 g/mol. The van der Waals surface area contributed by atoms with Gasteiger partial charge >= 0.3 is 5.97 Å². The summed E-state index contributed by atoms with van der Waals surface area (Å²) in [6, 6.07) is 21.4. The standard InChI is InChI=1S/C40H48N6O7Si/c1-26-37(54(4,5)30-16-14-29(51-2)15-17-30)35(19-22-44-25-27(20-23-47)41-43-44)53-40(26)32-24-28(46-38(49)31-10-6-7-11-33(31)42-46)13-18-34(32)45(39(40)50)21-9-8-12-36(48)52-3/h6-7,10-11,13-18,24-26,35,37,42,47H,8-9,12,19-23H2,1-5H3/t26-,35+,37-,40+/m1/s1. The van der Waals surface area contributed by atoms with E-state index < -0.39 is 13.7 Å². The van der Waals surface area contributed by atoms with Gasteiger partial charge in [-0.15, -0.1) is 5.10 Å². The number of para-hydroxylation sites is 1. The van der Waals surface area contributed by atoms with Crippen molar-refractivity contribution < 1.29 is 28.9 Å². The third-order valence-corrected chi connectivity index (χ3v) is 15.9. The van der Waals surface area contributed by atoms with Crippen LogP contribution in [0.4, 0.5) is 5.69 Å². The molecule has 0 saturated carbocycles. The summed E-state index contributed by atoms with van der Waals surface area (Å²) in [7, 11) is 0.613. The van der Waals surface area contributed by atoms with Crippen molar-refractivity contribution in [3.63, 3.8) is 0 Å². The summed E-state index contributed by atoms with van der Waals surface area (Å²) < 4.78 is 21.0. The van der Waals surface area contributed by atoms with Crippen LogP contribution in [0.5, 0.6) is 5.75 Å². The first kappa shape index (κ1) is 37.3. The fourth-order valence-electron chi connectivity index (χ4n) is 8.75. The van der Waals surface area contributed by atoms with E-state index in [4.69, 9.17) is 14.2 Å². The molecule has 13 nitrogen and oxygen atoms in total. The third-order valence-electron chi connectivity index (χ3n) is 11.5. The Balaban J connectivity index is 1.33. The van der Waals surface area contributed by atoms with Gasteiger partial charge in [0, 0.05) is 50.2 Å². The predicted octanol–water partition coefficient (Wildman–Crippen LogP) is 4.45. The molecule has 1 saturated heterocycles. The molecule has 2 aromatic heterocycles. The maximum absolute atomic E-state index is 15.2. The Bertz CT molecular complexity index is 2210. The minimum Gasteiger partial charge on any atom is -0.497 e. The predicted molar refractivity (Wildman–Crippen MR) is 207 cm³/mol. The van der Waals surface area contributed by atoms with Gasteiger partial charge in [0.15, 0.2) is 5.60 Å². The number of aromatic nitrogens is 5. The summed E-state index contributed by atoms with van der Waals surface area (Å²) in [5, 5.41) is 23.0. The lowest BCUT2D eigenvalue weighted by Gasteiger charge is -2.37. The zero-order valence-electron chi connectivity index (χ0n) is 31.4. The molecule has 4 heterocycles. The number of hydrogen-bond donors (Lipinski definition) is 2. The number of unbranched alkanes of at least 4 members (excludes halogenated alkanes) is 1. The first-order valence-electron chi connectivity index (χ1n) is 18.6. The maximum Gasteiger partial charge on any atom is 0.305 e. The van der Waals surface area contributed by atoms with Gasteiger partial charge in [0.2, 0.25) is 0 Å². The Morgan fingerprint density at radius 3 is 2.54 bits per heavy atom. The van der Waals surface area contributed by atoms with Crippen molar-refractivity contribution in [1.29, 1.82) is 0 Å². The zero-order chi connectivity index (χ0) is 38.2. The molecule has 5 aromatic rings. The largest absolute Gasteiger partial charge is 0.497 e. The van der Waals surface area contributed by atoms with Gasteiger partial charge in [-0.3, -0.25) is 24.2 Å². The summed E-state index contributed by atoms with van der Waals surface area (Å²) in [4.78, 5) is 42.6. The fraction of sp³-hybridized carbons (Fsp3) is 0.425. The normalized spacial score (nSPS) is 21.0. The van der Waals surface area contributed by atoms with E-state index >= 15 is 4.79 Å². The second kappa shape index (κ2) is 15.0. The zero-order valence-corrected chi connectivity index (χ0v) is 32.4. The summed E-state index contributed by atoms with van der Waals surface area (Å²) in [6.07, 6.45) is 3.94. The number of amides is 1. The van der Waals surface area contributed by atoms with E-state index in [0.29, 0.717) is 61.1 Å². The van der Waals surface area contributed by atoms with E-state index in [-0.39, 0.29) is 48.0 Å². The molecule has 1 fully saturated rings. The number of aliphatic hydroxyl groups is 1. The number of benzene rings is 3. The van der Waals surface area contributed by atoms with Gasteiger partial charge in [0.05, 0.1) is 56.4 Å². The number of carbonyl (C=O) groups excluding carboxylic acids is 2. The highest BCUT2D eigenvalue weighted by Crippen LogP contribution is 2.60. The summed E-state index contributed by atoms with van der Waals surface area (Å²) in [6.45, 7) is 7.71. The molecule has 284 valence electrons. The molecule has 2 N–H and O–H groups in total. The Morgan fingerprint density at radius 1 is 1.04 bits per heavy atom. The van der Waals surface area contributed by atoms with E-state index in [1.165, 1.54) is 17.0 Å². The highest BCUT2D eigenvalue weighted by atomic mass is 28.3. The first-order valence-corrected chi connectivity index (χ1v) is 21.7. The number of aromatic amines is 1. The van der Waals surface area contributed by atoms with Gasteiger partial charge in [0.1, 0.15) is 5.75 Å². The summed E-state index contributed by atoms with van der Waals surface area (Å²) >= 11 is 0. The van der Waals surface area contributed by atoms with Crippen LogP contribution < -0.4 is 20.4 Å². The quantitative estimate of drug-likeness (QED) is 0.0952. The Hall–Kier alpha value is -5.05. The second-order valence-corrected chi connectivity index (χ2v) is 19.6. The van der Waals surface area contributed by atoms with Crippen LogP contribution in [0.2, 0.25) is 18.6 Å². The van der Waals surface area contributed by atoms with Gasteiger partial charge in [-0.25, -0.2) is 4.68 Å². The highest BCUT2D eigenvalue weighted by molar-refractivity contribution is 6.91. The lowest BCUT2D eigenvalue weighted by atomic mass is 9.82. The highest BCUT2D eigenvalue weighted by Gasteiger charge is 2.66. The van der Waals surface area contributed by atoms with Crippen molar-refractivity contribution in [2.24, 2.45) is 5.92 Å². The van der Waals surface area contributed by atoms with Crippen LogP contribution in [0.25, 0.3) is 16.6 Å². The molecular formula is C40H48N6O7Si. The number of H-pyrrole nitrogens is 1. The summed E-state index contributed by atoms with van der Waals surface area (Å²) in [5.74, 6) is 0.0999. The Labute approximate surface area is 314 Å². The average Bonchev–Trinajstić information content (AvgIpc) is 3.92. The SMILES string of the molecule is COC(=O)CCCCN1C(=O)[C@@]2(O[C@@H](CCn3cc(CCO)nn3)[C@H]([Si](C)(C)c3ccc(OC)cc3)[C@H]2C)c2cc(-n3[nH]c4ccccc4c3=O)ccc21. The number of ether oxygens (including phenoxy) is 3. The van der Waals surface area contributed by atoms with Crippen molar-refractivity contribution in [2.45, 2.75) is 75.9 Å². The lowest BCUT2D eigenvalue weighted by Crippen LogP contribution is -2.52. The molecule has 0 bridgehead atoms. The monoisotopic (exact) mass is 752 g/mol. The summed E-state index contributed by atoms with van der Waals surface area (Å²) in [5.41, 5.74) is 1.98.